The Hall–Kier alpha value is -1.87. The van der Waals surface area contributed by atoms with Gasteiger partial charge in [0, 0.05) is 5.57 Å². The van der Waals surface area contributed by atoms with Crippen molar-refractivity contribution in [2.45, 2.75) is 13.8 Å². The number of halogens is 1. The van der Waals surface area contributed by atoms with Gasteiger partial charge in [-0.2, -0.15) is 0 Å². The van der Waals surface area contributed by atoms with Gasteiger partial charge in [-0.25, -0.2) is 4.79 Å². The Bertz CT molecular complexity index is 643. The Morgan fingerprint density at radius 1 is 1.00 bits per heavy atom. The van der Waals surface area contributed by atoms with Crippen LogP contribution < -0.4 is 0 Å². The Balaban J connectivity index is 2.57. The van der Waals surface area contributed by atoms with Gasteiger partial charge in [0.15, 0.2) is 0 Å². The Morgan fingerprint density at radius 3 is 2.14 bits per heavy atom. The number of esters is 1. The molecular weight excluding hydrogens is 328 g/mol. The van der Waals surface area contributed by atoms with Crippen molar-refractivity contribution in [3.63, 3.8) is 0 Å². The van der Waals surface area contributed by atoms with Gasteiger partial charge in [0.05, 0.1) is 6.61 Å². The highest BCUT2D eigenvalue weighted by Gasteiger charge is 2.17. The highest BCUT2D eigenvalue weighted by Crippen LogP contribution is 2.30. The molecule has 2 rings (SSSR count). The summed E-state index contributed by atoms with van der Waals surface area (Å²) in [7, 11) is 0. The normalized spacial score (nSPS) is 11.8. The highest BCUT2D eigenvalue weighted by atomic mass is 79.9. The van der Waals surface area contributed by atoms with E-state index in [0.29, 0.717) is 11.1 Å². The van der Waals surface area contributed by atoms with Gasteiger partial charge in [-0.15, -0.1) is 0 Å². The second kappa shape index (κ2) is 7.23. The summed E-state index contributed by atoms with van der Waals surface area (Å²) in [6.07, 6.45) is 0. The lowest BCUT2D eigenvalue weighted by Crippen LogP contribution is -2.06. The summed E-state index contributed by atoms with van der Waals surface area (Å²) in [6, 6.07) is 17.9. The Labute approximate surface area is 133 Å². The van der Waals surface area contributed by atoms with Crippen molar-refractivity contribution in [3.8, 4) is 0 Å². The first-order valence-corrected chi connectivity index (χ1v) is 7.62. The van der Waals surface area contributed by atoms with Crippen molar-refractivity contribution in [2.24, 2.45) is 0 Å². The predicted molar refractivity (Wildman–Crippen MR) is 89.2 cm³/mol. The standard InChI is InChI=1S/C18H17BrO2/c1-3-21-18(20)17(19)16(14-7-5-4-6-8-14)15-11-9-13(2)10-12-15/h4-12H,3H2,1-2H3/b17-16-. The second-order valence-corrected chi connectivity index (χ2v) is 5.43. The zero-order valence-electron chi connectivity index (χ0n) is 12.1. The fourth-order valence-corrected chi connectivity index (χ4v) is 2.61. The third-order valence-electron chi connectivity index (χ3n) is 3.08. The zero-order valence-corrected chi connectivity index (χ0v) is 13.7. The van der Waals surface area contributed by atoms with Crippen LogP contribution in [-0.4, -0.2) is 12.6 Å². The van der Waals surface area contributed by atoms with Crippen LogP contribution in [0.4, 0.5) is 0 Å². The summed E-state index contributed by atoms with van der Waals surface area (Å²) in [5, 5.41) is 0. The van der Waals surface area contributed by atoms with Gasteiger partial charge >= 0.3 is 5.97 Å². The van der Waals surface area contributed by atoms with Crippen molar-refractivity contribution < 1.29 is 9.53 Å². The predicted octanol–water partition coefficient (Wildman–Crippen LogP) is 4.71. The number of carbonyl (C=O) groups is 1. The van der Waals surface area contributed by atoms with E-state index in [2.05, 4.69) is 15.9 Å². The molecule has 0 unspecified atom stereocenters. The van der Waals surface area contributed by atoms with Gasteiger partial charge < -0.3 is 4.74 Å². The van der Waals surface area contributed by atoms with Crippen LogP contribution in [0.25, 0.3) is 5.57 Å². The molecule has 0 N–H and O–H groups in total. The number of aryl methyl sites for hydroxylation is 1. The molecular formula is C18H17BrO2. The monoisotopic (exact) mass is 344 g/mol. The lowest BCUT2D eigenvalue weighted by atomic mass is 9.97. The lowest BCUT2D eigenvalue weighted by Gasteiger charge is -2.12. The van der Waals surface area contributed by atoms with E-state index in [1.807, 2.05) is 61.5 Å². The molecule has 0 atom stereocenters. The number of benzene rings is 2. The first-order valence-electron chi connectivity index (χ1n) is 6.83. The molecule has 0 aromatic heterocycles. The van der Waals surface area contributed by atoms with E-state index in [-0.39, 0.29) is 5.97 Å². The average molecular weight is 345 g/mol. The van der Waals surface area contributed by atoms with Gasteiger partial charge in [0.2, 0.25) is 0 Å². The number of ether oxygens (including phenoxy) is 1. The Morgan fingerprint density at radius 2 is 1.57 bits per heavy atom. The van der Waals surface area contributed by atoms with Crippen LogP contribution in [0.3, 0.4) is 0 Å². The van der Waals surface area contributed by atoms with Crippen molar-refractivity contribution in [1.82, 2.24) is 0 Å². The summed E-state index contributed by atoms with van der Waals surface area (Å²) in [6.45, 7) is 4.19. The van der Waals surface area contributed by atoms with Gasteiger partial charge in [0.1, 0.15) is 4.48 Å². The molecule has 21 heavy (non-hydrogen) atoms. The third-order valence-corrected chi connectivity index (χ3v) is 3.80. The molecule has 2 nitrogen and oxygen atoms in total. The topological polar surface area (TPSA) is 26.3 Å². The summed E-state index contributed by atoms with van der Waals surface area (Å²) >= 11 is 3.41. The fraction of sp³-hybridized carbons (Fsp3) is 0.167. The summed E-state index contributed by atoms with van der Waals surface area (Å²) in [5.74, 6) is -0.350. The maximum absolute atomic E-state index is 12.1. The van der Waals surface area contributed by atoms with Crippen molar-refractivity contribution in [2.75, 3.05) is 6.61 Å². The van der Waals surface area contributed by atoms with E-state index in [4.69, 9.17) is 4.74 Å². The van der Waals surface area contributed by atoms with Gasteiger partial charge in [0.25, 0.3) is 0 Å². The van der Waals surface area contributed by atoms with Crippen LogP contribution >= 0.6 is 15.9 Å². The maximum Gasteiger partial charge on any atom is 0.345 e. The fourth-order valence-electron chi connectivity index (χ4n) is 2.04. The van der Waals surface area contributed by atoms with Crippen LogP contribution in [0.15, 0.2) is 59.1 Å². The smallest absolute Gasteiger partial charge is 0.345 e. The van der Waals surface area contributed by atoms with Crippen molar-refractivity contribution in [3.05, 3.63) is 75.8 Å². The number of rotatable bonds is 4. The minimum absolute atomic E-state index is 0.350. The molecule has 3 heteroatoms. The molecule has 2 aromatic rings. The van der Waals surface area contributed by atoms with Crippen LogP contribution in [0.2, 0.25) is 0 Å². The number of hydrogen-bond donors (Lipinski definition) is 0. The molecule has 0 saturated carbocycles. The van der Waals surface area contributed by atoms with Crippen LogP contribution in [-0.2, 0) is 9.53 Å². The van der Waals surface area contributed by atoms with Crippen LogP contribution in [0.5, 0.6) is 0 Å². The number of carbonyl (C=O) groups excluding carboxylic acids is 1. The molecule has 0 fully saturated rings. The van der Waals surface area contributed by atoms with Gasteiger partial charge in [-0.05, 0) is 40.9 Å². The molecule has 108 valence electrons. The SMILES string of the molecule is CCOC(=O)/C(Br)=C(\c1ccccc1)c1ccc(C)cc1. The van der Waals surface area contributed by atoms with E-state index >= 15 is 0 Å². The molecule has 0 spiro atoms. The van der Waals surface area contributed by atoms with Crippen LogP contribution in [0, 0.1) is 6.92 Å². The van der Waals surface area contributed by atoms with E-state index in [9.17, 15) is 4.79 Å². The minimum Gasteiger partial charge on any atom is -0.462 e. The highest BCUT2D eigenvalue weighted by molar-refractivity contribution is 9.12. The number of hydrogen-bond acceptors (Lipinski definition) is 2. The van der Waals surface area contributed by atoms with Crippen molar-refractivity contribution in [1.29, 1.82) is 0 Å². The molecule has 2 aromatic carbocycles. The van der Waals surface area contributed by atoms with Crippen molar-refractivity contribution >= 4 is 27.5 Å². The van der Waals surface area contributed by atoms with E-state index < -0.39 is 0 Å². The van der Waals surface area contributed by atoms with E-state index in [1.54, 1.807) is 6.92 Å². The molecule has 0 saturated heterocycles. The van der Waals surface area contributed by atoms with Gasteiger partial charge in [-0.1, -0.05) is 60.2 Å². The Kier molecular flexibility index (Phi) is 5.34. The minimum atomic E-state index is -0.350. The maximum atomic E-state index is 12.1. The second-order valence-electron chi connectivity index (χ2n) is 4.64. The summed E-state index contributed by atoms with van der Waals surface area (Å²) < 4.78 is 5.55. The molecule has 0 heterocycles. The molecule has 0 radical (unpaired) electrons. The molecule has 0 aliphatic carbocycles. The molecule has 0 aliphatic rings. The summed E-state index contributed by atoms with van der Waals surface area (Å²) in [5.41, 5.74) is 3.97. The quantitative estimate of drug-likeness (QED) is 0.592. The van der Waals surface area contributed by atoms with E-state index in [0.717, 1.165) is 16.7 Å². The first kappa shape index (κ1) is 15.5. The lowest BCUT2D eigenvalue weighted by molar-refractivity contribution is -0.137. The molecule has 0 amide bonds. The first-order chi connectivity index (χ1) is 10.1. The molecule has 0 aliphatic heterocycles. The van der Waals surface area contributed by atoms with Crippen LogP contribution in [0.1, 0.15) is 23.6 Å². The molecule has 0 bridgehead atoms. The largest absolute Gasteiger partial charge is 0.462 e. The third kappa shape index (κ3) is 3.82. The zero-order chi connectivity index (χ0) is 15.2. The van der Waals surface area contributed by atoms with E-state index in [1.165, 1.54) is 5.56 Å². The summed E-state index contributed by atoms with van der Waals surface area (Å²) in [4.78, 5) is 12.1. The van der Waals surface area contributed by atoms with Gasteiger partial charge in [-0.3, -0.25) is 0 Å². The average Bonchev–Trinajstić information content (AvgIpc) is 2.50.